The molecule has 2 heterocycles. The Kier molecular flexibility index (Phi) is 12.0. The number of likely N-dealkylation sites (tertiary alicyclic amines) is 1. The Labute approximate surface area is 182 Å². The summed E-state index contributed by atoms with van der Waals surface area (Å²) in [6.07, 6.45) is 11.6. The summed E-state index contributed by atoms with van der Waals surface area (Å²) in [5, 5.41) is 11.2. The highest BCUT2D eigenvalue weighted by molar-refractivity contribution is 14.0. The zero-order valence-corrected chi connectivity index (χ0v) is 19.9. The topological polar surface area (TPSA) is 57.5 Å². The van der Waals surface area contributed by atoms with Gasteiger partial charge in [0.1, 0.15) is 0 Å². The Bertz CT molecular complexity index is 534. The number of rotatable bonds is 8. The molecule has 1 atom stereocenters. The van der Waals surface area contributed by atoms with E-state index in [0.29, 0.717) is 12.0 Å². The van der Waals surface area contributed by atoms with Crippen LogP contribution in [0, 0.1) is 5.92 Å². The zero-order valence-electron chi connectivity index (χ0n) is 17.6. The first-order chi connectivity index (χ1) is 12.6. The molecule has 1 saturated heterocycles. The fourth-order valence-electron chi connectivity index (χ4n) is 3.74. The van der Waals surface area contributed by atoms with E-state index < -0.39 is 0 Å². The molecule has 27 heavy (non-hydrogen) atoms. The molecule has 1 fully saturated rings. The molecule has 0 bridgehead atoms. The smallest absolute Gasteiger partial charge is 0.191 e. The second-order valence-corrected chi connectivity index (χ2v) is 7.77. The lowest BCUT2D eigenvalue weighted by Gasteiger charge is -2.34. The molecule has 0 aromatic carbocycles. The largest absolute Gasteiger partial charge is 0.356 e. The predicted octanol–water partition coefficient (Wildman–Crippen LogP) is 3.04. The van der Waals surface area contributed by atoms with Crippen LogP contribution in [0.1, 0.15) is 51.5 Å². The summed E-state index contributed by atoms with van der Waals surface area (Å²) in [6.45, 7) is 9.02. The molecule has 2 rings (SSSR count). The predicted molar refractivity (Wildman–Crippen MR) is 125 cm³/mol. The number of nitrogens with zero attached hydrogens (tertiary/aromatic N) is 4. The number of hydrogen-bond donors (Lipinski definition) is 2. The van der Waals surface area contributed by atoms with Crippen molar-refractivity contribution >= 4 is 29.9 Å². The molecule has 0 amide bonds. The Morgan fingerprint density at radius 3 is 2.44 bits per heavy atom. The molecule has 1 unspecified atom stereocenters. The standard InChI is InChI=1S/C20H38N6.HI/c1-17(2)19(26-12-7-5-6-8-13-26)15-23-20(21-3)22-11-9-10-18-14-24-25(4)16-18;/h14,16-17,19H,5-13,15H2,1-4H3,(H2,21,22,23);1H. The summed E-state index contributed by atoms with van der Waals surface area (Å²) in [6, 6.07) is 0.571. The van der Waals surface area contributed by atoms with Crippen molar-refractivity contribution in [2.45, 2.75) is 58.4 Å². The third kappa shape index (κ3) is 8.81. The van der Waals surface area contributed by atoms with Crippen LogP contribution in [0.25, 0.3) is 0 Å². The summed E-state index contributed by atoms with van der Waals surface area (Å²) in [4.78, 5) is 7.07. The average Bonchev–Trinajstić information content (AvgIpc) is 2.86. The van der Waals surface area contributed by atoms with Gasteiger partial charge in [-0.25, -0.2) is 0 Å². The molecule has 0 radical (unpaired) electrons. The Hall–Kier alpha value is -0.830. The van der Waals surface area contributed by atoms with Crippen molar-refractivity contribution in [3.05, 3.63) is 18.0 Å². The molecule has 7 heteroatoms. The van der Waals surface area contributed by atoms with Gasteiger partial charge in [0.05, 0.1) is 6.20 Å². The van der Waals surface area contributed by atoms with Gasteiger partial charge >= 0.3 is 0 Å². The van der Waals surface area contributed by atoms with Gasteiger partial charge in [0.25, 0.3) is 0 Å². The highest BCUT2D eigenvalue weighted by Gasteiger charge is 2.22. The number of halogens is 1. The van der Waals surface area contributed by atoms with E-state index in [1.54, 1.807) is 0 Å². The molecular formula is C20H39IN6. The van der Waals surface area contributed by atoms with Crippen molar-refractivity contribution in [1.29, 1.82) is 0 Å². The molecule has 1 aliphatic rings. The monoisotopic (exact) mass is 490 g/mol. The Balaban J connectivity index is 0.00000364. The van der Waals surface area contributed by atoms with Gasteiger partial charge in [0, 0.05) is 39.4 Å². The first kappa shape index (κ1) is 24.2. The highest BCUT2D eigenvalue weighted by atomic mass is 127. The molecule has 0 spiro atoms. The van der Waals surface area contributed by atoms with Crippen LogP contribution in [-0.2, 0) is 13.5 Å². The van der Waals surface area contributed by atoms with Gasteiger partial charge in [0.2, 0.25) is 0 Å². The van der Waals surface area contributed by atoms with Gasteiger partial charge < -0.3 is 10.6 Å². The van der Waals surface area contributed by atoms with Crippen LogP contribution in [0.3, 0.4) is 0 Å². The lowest BCUT2D eigenvalue weighted by Crippen LogP contribution is -2.49. The first-order valence-corrected chi connectivity index (χ1v) is 10.3. The van der Waals surface area contributed by atoms with E-state index in [-0.39, 0.29) is 24.0 Å². The van der Waals surface area contributed by atoms with E-state index in [9.17, 15) is 0 Å². The summed E-state index contributed by atoms with van der Waals surface area (Å²) in [5.41, 5.74) is 1.29. The maximum atomic E-state index is 4.39. The zero-order chi connectivity index (χ0) is 18.8. The summed E-state index contributed by atoms with van der Waals surface area (Å²) >= 11 is 0. The maximum absolute atomic E-state index is 4.39. The van der Waals surface area contributed by atoms with Crippen LogP contribution in [0.5, 0.6) is 0 Å². The molecule has 0 saturated carbocycles. The van der Waals surface area contributed by atoms with Crippen molar-refractivity contribution in [1.82, 2.24) is 25.3 Å². The summed E-state index contributed by atoms with van der Waals surface area (Å²) < 4.78 is 1.86. The molecule has 1 aromatic rings. The number of guanidine groups is 1. The molecule has 0 aliphatic carbocycles. The van der Waals surface area contributed by atoms with E-state index in [2.05, 4.69) is 45.7 Å². The second-order valence-electron chi connectivity index (χ2n) is 7.77. The van der Waals surface area contributed by atoms with Crippen molar-refractivity contribution < 1.29 is 0 Å². The molecule has 2 N–H and O–H groups in total. The number of hydrogen-bond acceptors (Lipinski definition) is 3. The van der Waals surface area contributed by atoms with Gasteiger partial charge in [-0.1, -0.05) is 26.7 Å². The molecular weight excluding hydrogens is 451 g/mol. The van der Waals surface area contributed by atoms with Gasteiger partial charge in [-0.15, -0.1) is 24.0 Å². The fraction of sp³-hybridized carbons (Fsp3) is 0.800. The van der Waals surface area contributed by atoms with Crippen molar-refractivity contribution in [3.8, 4) is 0 Å². The normalized spacial score (nSPS) is 17.3. The van der Waals surface area contributed by atoms with Gasteiger partial charge in [-0.2, -0.15) is 5.10 Å². The SMILES string of the molecule is CN=C(NCCCc1cnn(C)c1)NCC(C(C)C)N1CCCCCC1.I. The van der Waals surface area contributed by atoms with Crippen molar-refractivity contribution in [2.24, 2.45) is 18.0 Å². The number of nitrogens with one attached hydrogen (secondary N) is 2. The van der Waals surface area contributed by atoms with Crippen LogP contribution in [-0.4, -0.2) is 59.9 Å². The summed E-state index contributed by atoms with van der Waals surface area (Å²) in [7, 11) is 3.82. The number of aromatic nitrogens is 2. The minimum Gasteiger partial charge on any atom is -0.356 e. The van der Waals surface area contributed by atoms with Gasteiger partial charge in [0.15, 0.2) is 5.96 Å². The van der Waals surface area contributed by atoms with Crippen LogP contribution >= 0.6 is 24.0 Å². The third-order valence-corrected chi connectivity index (χ3v) is 5.27. The van der Waals surface area contributed by atoms with Crippen molar-refractivity contribution in [3.63, 3.8) is 0 Å². The van der Waals surface area contributed by atoms with E-state index >= 15 is 0 Å². The van der Waals surface area contributed by atoms with E-state index in [1.165, 1.54) is 44.3 Å². The quantitative estimate of drug-likeness (QED) is 0.255. The first-order valence-electron chi connectivity index (χ1n) is 10.3. The number of aryl methyl sites for hydroxylation is 2. The maximum Gasteiger partial charge on any atom is 0.191 e. The van der Waals surface area contributed by atoms with Crippen LogP contribution in [0.2, 0.25) is 0 Å². The second kappa shape index (κ2) is 13.4. The van der Waals surface area contributed by atoms with Crippen LogP contribution < -0.4 is 10.6 Å². The van der Waals surface area contributed by atoms with E-state index in [1.807, 2.05) is 25.0 Å². The Morgan fingerprint density at radius 1 is 1.19 bits per heavy atom. The third-order valence-electron chi connectivity index (χ3n) is 5.27. The van der Waals surface area contributed by atoms with Crippen LogP contribution in [0.4, 0.5) is 0 Å². The average molecular weight is 490 g/mol. The van der Waals surface area contributed by atoms with Crippen molar-refractivity contribution in [2.75, 3.05) is 33.2 Å². The lowest BCUT2D eigenvalue weighted by atomic mass is 10.0. The van der Waals surface area contributed by atoms with Crippen LogP contribution in [0.15, 0.2) is 17.4 Å². The highest BCUT2D eigenvalue weighted by Crippen LogP contribution is 2.17. The van der Waals surface area contributed by atoms with E-state index in [0.717, 1.165) is 31.9 Å². The van der Waals surface area contributed by atoms with Gasteiger partial charge in [-0.05, 0) is 50.3 Å². The minimum atomic E-state index is 0. The minimum absolute atomic E-state index is 0. The molecule has 156 valence electrons. The fourth-order valence-corrected chi connectivity index (χ4v) is 3.74. The van der Waals surface area contributed by atoms with Gasteiger partial charge in [-0.3, -0.25) is 14.6 Å². The molecule has 6 nitrogen and oxygen atoms in total. The molecule has 1 aliphatic heterocycles. The number of aliphatic imine (C=N–C) groups is 1. The van der Waals surface area contributed by atoms with E-state index in [4.69, 9.17) is 0 Å². The Morgan fingerprint density at radius 2 is 1.89 bits per heavy atom. The molecule has 1 aromatic heterocycles. The summed E-state index contributed by atoms with van der Waals surface area (Å²) in [5.74, 6) is 1.56. The lowest BCUT2D eigenvalue weighted by molar-refractivity contribution is 0.161.